The molecule has 0 radical (unpaired) electrons. The predicted octanol–water partition coefficient (Wildman–Crippen LogP) is 3.46. The lowest BCUT2D eigenvalue weighted by atomic mass is 9.90. The summed E-state index contributed by atoms with van der Waals surface area (Å²) in [4.78, 5) is 14.7. The average Bonchev–Trinajstić information content (AvgIpc) is 2.68. The molecule has 2 rings (SSSR count). The highest BCUT2D eigenvalue weighted by atomic mass is 32.2. The fourth-order valence-corrected chi connectivity index (χ4v) is 3.45. The van der Waals surface area contributed by atoms with Crippen molar-refractivity contribution in [2.45, 2.75) is 31.1 Å². The number of thioether (sulfide) groups is 1. The highest BCUT2D eigenvalue weighted by Crippen LogP contribution is 2.26. The second-order valence-electron chi connectivity index (χ2n) is 5.74. The number of amides is 1. The van der Waals surface area contributed by atoms with Crippen LogP contribution in [-0.2, 0) is 11.2 Å². The number of carbonyl (C=O) groups is 1. The molecule has 0 bridgehead atoms. The number of hydrogen-bond donors (Lipinski definition) is 0. The van der Waals surface area contributed by atoms with Gasteiger partial charge in [-0.05, 0) is 48.6 Å². The fraction of sp³-hybridized carbons (Fsp3) is 0.562. The third kappa shape index (κ3) is 4.00. The summed E-state index contributed by atoms with van der Waals surface area (Å²) in [6.45, 7) is 3.24. The van der Waals surface area contributed by atoms with Gasteiger partial charge in [0, 0.05) is 24.9 Å². The van der Waals surface area contributed by atoms with Gasteiger partial charge in [-0.3, -0.25) is 4.79 Å². The minimum atomic E-state index is 0.307. The Labute approximate surface area is 120 Å². The Morgan fingerprint density at radius 1 is 1.47 bits per heavy atom. The van der Waals surface area contributed by atoms with Crippen LogP contribution in [-0.4, -0.2) is 30.7 Å². The zero-order chi connectivity index (χ0) is 13.8. The molecule has 1 saturated heterocycles. The van der Waals surface area contributed by atoms with Crippen LogP contribution < -0.4 is 0 Å². The van der Waals surface area contributed by atoms with E-state index in [1.807, 2.05) is 11.9 Å². The first-order chi connectivity index (χ1) is 9.08. The summed E-state index contributed by atoms with van der Waals surface area (Å²) in [5.41, 5.74) is 1.41. The highest BCUT2D eigenvalue weighted by molar-refractivity contribution is 7.98. The molecule has 104 valence electrons. The first kappa shape index (κ1) is 14.4. The van der Waals surface area contributed by atoms with Crippen LogP contribution in [0.2, 0.25) is 0 Å². The Morgan fingerprint density at radius 3 is 2.89 bits per heavy atom. The maximum Gasteiger partial charge on any atom is 0.222 e. The van der Waals surface area contributed by atoms with E-state index in [1.165, 1.54) is 10.5 Å². The van der Waals surface area contributed by atoms with Gasteiger partial charge in [0.1, 0.15) is 0 Å². The SMILES string of the molecule is CSc1cccc(CC(C)CC2CC(=O)N(C)C2)c1. The minimum absolute atomic E-state index is 0.307. The van der Waals surface area contributed by atoms with Crippen molar-refractivity contribution in [3.63, 3.8) is 0 Å². The van der Waals surface area contributed by atoms with Crippen LogP contribution >= 0.6 is 11.8 Å². The summed E-state index contributed by atoms with van der Waals surface area (Å²) in [7, 11) is 1.91. The van der Waals surface area contributed by atoms with E-state index in [1.54, 1.807) is 11.8 Å². The summed E-state index contributed by atoms with van der Waals surface area (Å²) in [6, 6.07) is 8.79. The van der Waals surface area contributed by atoms with Crippen molar-refractivity contribution < 1.29 is 4.79 Å². The Morgan fingerprint density at radius 2 is 2.26 bits per heavy atom. The molecular weight excluding hydrogens is 254 g/mol. The third-order valence-electron chi connectivity index (χ3n) is 3.88. The Hall–Kier alpha value is -0.960. The molecule has 0 aliphatic carbocycles. The second-order valence-corrected chi connectivity index (χ2v) is 6.62. The molecule has 1 aromatic carbocycles. The molecule has 19 heavy (non-hydrogen) atoms. The first-order valence-corrected chi connectivity index (χ1v) is 8.18. The molecule has 1 aliphatic rings. The van der Waals surface area contributed by atoms with Crippen LogP contribution in [0.1, 0.15) is 25.3 Å². The summed E-state index contributed by atoms with van der Waals surface area (Å²) >= 11 is 1.79. The molecule has 3 heteroatoms. The average molecular weight is 277 g/mol. The maximum absolute atomic E-state index is 11.5. The molecule has 1 aromatic rings. The van der Waals surface area contributed by atoms with Crippen molar-refractivity contribution in [2.24, 2.45) is 11.8 Å². The Bertz CT molecular complexity index is 446. The fourth-order valence-electron chi connectivity index (χ4n) is 2.97. The van der Waals surface area contributed by atoms with Gasteiger partial charge in [-0.25, -0.2) is 0 Å². The molecule has 0 aromatic heterocycles. The number of rotatable bonds is 5. The largest absolute Gasteiger partial charge is 0.345 e. The molecule has 0 N–H and O–H groups in total. The minimum Gasteiger partial charge on any atom is -0.345 e. The number of nitrogens with zero attached hydrogens (tertiary/aromatic N) is 1. The van der Waals surface area contributed by atoms with Crippen molar-refractivity contribution in [2.75, 3.05) is 19.8 Å². The summed E-state index contributed by atoms with van der Waals surface area (Å²) in [6.07, 6.45) is 5.12. The lowest BCUT2D eigenvalue weighted by Gasteiger charge is -2.16. The summed E-state index contributed by atoms with van der Waals surface area (Å²) in [5, 5.41) is 0. The van der Waals surface area contributed by atoms with Gasteiger partial charge in [0.15, 0.2) is 0 Å². The summed E-state index contributed by atoms with van der Waals surface area (Å²) in [5.74, 6) is 1.50. The molecule has 1 aliphatic heterocycles. The van der Waals surface area contributed by atoms with Gasteiger partial charge in [0.2, 0.25) is 5.91 Å². The molecule has 2 atom stereocenters. The van der Waals surface area contributed by atoms with E-state index in [4.69, 9.17) is 0 Å². The van der Waals surface area contributed by atoms with Gasteiger partial charge in [-0.15, -0.1) is 11.8 Å². The van der Waals surface area contributed by atoms with E-state index in [2.05, 4.69) is 37.4 Å². The standard InChI is InChI=1S/C16H23NOS/c1-12(8-14-10-16(18)17(2)11-14)7-13-5-4-6-15(9-13)19-3/h4-6,9,12,14H,7-8,10-11H2,1-3H3. The molecule has 1 heterocycles. The second kappa shape index (κ2) is 6.47. The number of hydrogen-bond acceptors (Lipinski definition) is 2. The number of carbonyl (C=O) groups excluding carboxylic acids is 1. The van der Waals surface area contributed by atoms with Gasteiger partial charge in [-0.2, -0.15) is 0 Å². The zero-order valence-corrected chi connectivity index (χ0v) is 12.9. The number of likely N-dealkylation sites (tertiary alicyclic amines) is 1. The molecule has 2 nitrogen and oxygen atoms in total. The van der Waals surface area contributed by atoms with Gasteiger partial charge in [-0.1, -0.05) is 19.1 Å². The Kier molecular flexibility index (Phi) is 4.92. The first-order valence-electron chi connectivity index (χ1n) is 6.95. The normalized spacial score (nSPS) is 20.9. The van der Waals surface area contributed by atoms with E-state index < -0.39 is 0 Å². The van der Waals surface area contributed by atoms with E-state index in [0.29, 0.717) is 17.7 Å². The van der Waals surface area contributed by atoms with E-state index in [9.17, 15) is 4.79 Å². The molecule has 0 spiro atoms. The van der Waals surface area contributed by atoms with Gasteiger partial charge < -0.3 is 4.90 Å². The van der Waals surface area contributed by atoms with Gasteiger partial charge >= 0.3 is 0 Å². The molecule has 2 unspecified atom stereocenters. The van der Waals surface area contributed by atoms with Crippen molar-refractivity contribution in [3.8, 4) is 0 Å². The maximum atomic E-state index is 11.5. The van der Waals surface area contributed by atoms with Gasteiger partial charge in [0.25, 0.3) is 0 Å². The highest BCUT2D eigenvalue weighted by Gasteiger charge is 2.27. The lowest BCUT2D eigenvalue weighted by Crippen LogP contribution is -2.19. The van der Waals surface area contributed by atoms with E-state index in [0.717, 1.165) is 25.8 Å². The Balaban J connectivity index is 1.87. The van der Waals surface area contributed by atoms with Gasteiger partial charge in [0.05, 0.1) is 0 Å². The third-order valence-corrected chi connectivity index (χ3v) is 4.60. The smallest absolute Gasteiger partial charge is 0.222 e. The predicted molar refractivity (Wildman–Crippen MR) is 81.5 cm³/mol. The molecular formula is C16H23NOS. The van der Waals surface area contributed by atoms with Crippen LogP contribution in [0.4, 0.5) is 0 Å². The van der Waals surface area contributed by atoms with E-state index >= 15 is 0 Å². The van der Waals surface area contributed by atoms with Crippen molar-refractivity contribution in [1.82, 2.24) is 4.90 Å². The zero-order valence-electron chi connectivity index (χ0n) is 12.1. The van der Waals surface area contributed by atoms with Crippen LogP contribution in [0.15, 0.2) is 29.2 Å². The summed E-state index contributed by atoms with van der Waals surface area (Å²) < 4.78 is 0. The van der Waals surface area contributed by atoms with Crippen molar-refractivity contribution in [3.05, 3.63) is 29.8 Å². The number of benzene rings is 1. The van der Waals surface area contributed by atoms with Crippen molar-refractivity contribution >= 4 is 17.7 Å². The monoisotopic (exact) mass is 277 g/mol. The molecule has 0 saturated carbocycles. The van der Waals surface area contributed by atoms with Crippen LogP contribution in [0.25, 0.3) is 0 Å². The van der Waals surface area contributed by atoms with Crippen LogP contribution in [0.3, 0.4) is 0 Å². The van der Waals surface area contributed by atoms with Crippen LogP contribution in [0.5, 0.6) is 0 Å². The van der Waals surface area contributed by atoms with E-state index in [-0.39, 0.29) is 0 Å². The van der Waals surface area contributed by atoms with Crippen LogP contribution in [0, 0.1) is 11.8 Å². The van der Waals surface area contributed by atoms with Crippen molar-refractivity contribution in [1.29, 1.82) is 0 Å². The lowest BCUT2D eigenvalue weighted by molar-refractivity contribution is -0.126. The topological polar surface area (TPSA) is 20.3 Å². The molecule has 1 fully saturated rings. The molecule has 1 amide bonds. The quantitative estimate of drug-likeness (QED) is 0.768.